The maximum atomic E-state index is 9.58. The maximum Gasteiger partial charge on any atom is 0.135 e. The van der Waals surface area contributed by atoms with Crippen LogP contribution in [0.15, 0.2) is 0 Å². The van der Waals surface area contributed by atoms with Crippen LogP contribution in [0.5, 0.6) is 0 Å². The monoisotopic (exact) mass is 296 g/mol. The van der Waals surface area contributed by atoms with Crippen molar-refractivity contribution in [3.8, 4) is 0 Å². The van der Waals surface area contributed by atoms with Gasteiger partial charge >= 0.3 is 0 Å². The summed E-state index contributed by atoms with van der Waals surface area (Å²) in [5.41, 5.74) is 0.145. The van der Waals surface area contributed by atoms with Crippen LogP contribution in [0.1, 0.15) is 45.0 Å². The van der Waals surface area contributed by atoms with E-state index in [4.69, 9.17) is 0 Å². The van der Waals surface area contributed by atoms with E-state index in [1.165, 1.54) is 0 Å². The number of nitrogens with zero attached hydrogens (tertiary/aromatic N) is 2. The molecule has 120 valence electrons. The van der Waals surface area contributed by atoms with Crippen LogP contribution in [0.2, 0.25) is 0 Å². The highest BCUT2D eigenvalue weighted by Gasteiger charge is 2.28. The summed E-state index contributed by atoms with van der Waals surface area (Å²) in [6.45, 7) is 8.51. The van der Waals surface area contributed by atoms with E-state index in [1.54, 1.807) is 0 Å². The molecule has 0 radical (unpaired) electrons. The number of anilines is 2. The smallest absolute Gasteiger partial charge is 0.135 e. The third kappa shape index (κ3) is 4.28. The quantitative estimate of drug-likeness (QED) is 0.555. The van der Waals surface area contributed by atoms with Crippen molar-refractivity contribution in [1.29, 1.82) is 0 Å². The van der Waals surface area contributed by atoms with Crippen LogP contribution >= 0.6 is 0 Å². The predicted molar refractivity (Wildman–Crippen MR) is 85.7 cm³/mol. The molecule has 0 bridgehead atoms. The molecule has 1 heterocycles. The fraction of sp³-hybridized carbons (Fsp3) is 0.733. The summed E-state index contributed by atoms with van der Waals surface area (Å²) in [5.74, 6) is 2.22. The Morgan fingerprint density at radius 1 is 1.05 bits per heavy atom. The molecule has 0 saturated heterocycles. The largest absolute Gasteiger partial charge is 0.394 e. The van der Waals surface area contributed by atoms with Gasteiger partial charge in [-0.25, -0.2) is 9.97 Å². The molecule has 0 saturated carbocycles. The van der Waals surface area contributed by atoms with Crippen LogP contribution in [0.25, 0.3) is 0 Å². The molecular weight excluding hydrogens is 268 g/mol. The van der Waals surface area contributed by atoms with Crippen LogP contribution in [0.3, 0.4) is 0 Å². The molecule has 1 aromatic heterocycles. The second-order valence-corrected chi connectivity index (χ2v) is 5.32. The van der Waals surface area contributed by atoms with Gasteiger partial charge in [0.1, 0.15) is 17.5 Å². The lowest BCUT2D eigenvalue weighted by molar-refractivity contribution is 0.132. The minimum Gasteiger partial charge on any atom is -0.394 e. The first-order chi connectivity index (χ1) is 10.1. The third-order valence-electron chi connectivity index (χ3n) is 3.72. The Hall–Kier alpha value is -1.40. The lowest BCUT2D eigenvalue weighted by Crippen LogP contribution is -2.45. The van der Waals surface area contributed by atoms with Crippen molar-refractivity contribution in [2.75, 3.05) is 30.4 Å². The Kier molecular flexibility index (Phi) is 6.84. The molecule has 0 fully saturated rings. The summed E-state index contributed by atoms with van der Waals surface area (Å²) in [6, 6.07) is 0. The van der Waals surface area contributed by atoms with E-state index in [0.717, 1.165) is 36.6 Å². The zero-order valence-corrected chi connectivity index (χ0v) is 13.5. The van der Waals surface area contributed by atoms with Crippen molar-refractivity contribution in [2.45, 2.75) is 52.5 Å². The van der Waals surface area contributed by atoms with Gasteiger partial charge in [0.25, 0.3) is 0 Å². The molecule has 6 heteroatoms. The first kappa shape index (κ1) is 17.7. The summed E-state index contributed by atoms with van der Waals surface area (Å²) in [4.78, 5) is 9.01. The molecular formula is C15H28N4O2. The number of hydrogen-bond acceptors (Lipinski definition) is 6. The highest BCUT2D eigenvalue weighted by Crippen LogP contribution is 2.24. The van der Waals surface area contributed by atoms with Crippen molar-refractivity contribution in [2.24, 2.45) is 0 Å². The van der Waals surface area contributed by atoms with E-state index in [9.17, 15) is 10.2 Å². The van der Waals surface area contributed by atoms with Gasteiger partial charge in [-0.1, -0.05) is 20.8 Å². The van der Waals surface area contributed by atoms with Crippen LogP contribution in [0, 0.1) is 6.92 Å². The Bertz CT molecular complexity index is 439. The molecule has 0 aliphatic rings. The molecule has 0 atom stereocenters. The number of rotatable bonds is 9. The van der Waals surface area contributed by atoms with E-state index >= 15 is 0 Å². The van der Waals surface area contributed by atoms with E-state index in [-0.39, 0.29) is 13.2 Å². The van der Waals surface area contributed by atoms with E-state index in [0.29, 0.717) is 12.2 Å². The lowest BCUT2D eigenvalue weighted by atomic mass is 9.98. The number of hydrogen-bond donors (Lipinski definition) is 4. The molecule has 1 rings (SSSR count). The van der Waals surface area contributed by atoms with Crippen LogP contribution < -0.4 is 10.6 Å². The van der Waals surface area contributed by atoms with Crippen LogP contribution in [-0.2, 0) is 6.42 Å². The van der Waals surface area contributed by atoms with E-state index < -0.39 is 5.54 Å². The Morgan fingerprint density at radius 3 is 2.14 bits per heavy atom. The fourth-order valence-electron chi connectivity index (χ4n) is 1.95. The first-order valence-electron chi connectivity index (χ1n) is 7.67. The zero-order chi connectivity index (χ0) is 15.9. The van der Waals surface area contributed by atoms with E-state index in [1.807, 2.05) is 20.8 Å². The van der Waals surface area contributed by atoms with Gasteiger partial charge in [-0.15, -0.1) is 0 Å². The highest BCUT2D eigenvalue weighted by molar-refractivity contribution is 5.58. The van der Waals surface area contributed by atoms with Gasteiger partial charge in [-0.05, 0) is 19.8 Å². The third-order valence-corrected chi connectivity index (χ3v) is 3.72. The summed E-state index contributed by atoms with van der Waals surface area (Å²) in [6.07, 6.45) is 2.34. The zero-order valence-electron chi connectivity index (χ0n) is 13.5. The SMILES string of the molecule is CCCNc1nc(CC)nc(NC(CC)(CO)CO)c1C. The van der Waals surface area contributed by atoms with Gasteiger partial charge in [0.05, 0.1) is 18.8 Å². The maximum absolute atomic E-state index is 9.58. The summed E-state index contributed by atoms with van der Waals surface area (Å²) in [7, 11) is 0. The fourth-order valence-corrected chi connectivity index (χ4v) is 1.95. The predicted octanol–water partition coefficient (Wildman–Crippen LogP) is 1.71. The molecule has 21 heavy (non-hydrogen) atoms. The van der Waals surface area contributed by atoms with Crippen molar-refractivity contribution in [1.82, 2.24) is 9.97 Å². The number of aryl methyl sites for hydroxylation is 1. The molecule has 1 aromatic rings. The lowest BCUT2D eigenvalue weighted by Gasteiger charge is -2.31. The van der Waals surface area contributed by atoms with Crippen LogP contribution in [-0.4, -0.2) is 45.5 Å². The average Bonchev–Trinajstić information content (AvgIpc) is 2.53. The van der Waals surface area contributed by atoms with Crippen molar-refractivity contribution >= 4 is 11.6 Å². The molecule has 4 N–H and O–H groups in total. The van der Waals surface area contributed by atoms with Crippen molar-refractivity contribution < 1.29 is 10.2 Å². The molecule has 6 nitrogen and oxygen atoms in total. The van der Waals surface area contributed by atoms with Gasteiger partial charge in [0, 0.05) is 18.5 Å². The second-order valence-electron chi connectivity index (χ2n) is 5.32. The first-order valence-corrected chi connectivity index (χ1v) is 7.67. The summed E-state index contributed by atoms with van der Waals surface area (Å²) >= 11 is 0. The molecule has 0 amide bonds. The molecule has 0 aliphatic carbocycles. The molecule has 0 aromatic carbocycles. The van der Waals surface area contributed by atoms with Gasteiger partial charge in [0.15, 0.2) is 0 Å². The average molecular weight is 296 g/mol. The summed E-state index contributed by atoms with van der Waals surface area (Å²) < 4.78 is 0. The van der Waals surface area contributed by atoms with Gasteiger partial charge in [0.2, 0.25) is 0 Å². The number of aromatic nitrogens is 2. The second kappa shape index (κ2) is 8.14. The standard InChI is InChI=1S/C15H28N4O2/c1-5-8-16-13-11(4)14(18-12(6-2)17-13)19-15(7-3,9-20)10-21/h20-21H,5-10H2,1-4H3,(H2,16,17,18,19). The van der Waals surface area contributed by atoms with Crippen molar-refractivity contribution in [3.63, 3.8) is 0 Å². The molecule has 0 unspecified atom stereocenters. The summed E-state index contributed by atoms with van der Waals surface area (Å²) in [5, 5.41) is 25.7. The van der Waals surface area contributed by atoms with Gasteiger partial charge in [-0.2, -0.15) is 0 Å². The number of aliphatic hydroxyl groups is 2. The minimum absolute atomic E-state index is 0.150. The molecule has 0 spiro atoms. The van der Waals surface area contributed by atoms with Crippen LogP contribution in [0.4, 0.5) is 11.6 Å². The van der Waals surface area contributed by atoms with Crippen molar-refractivity contribution in [3.05, 3.63) is 11.4 Å². The number of aliphatic hydroxyl groups excluding tert-OH is 2. The van der Waals surface area contributed by atoms with Gasteiger partial charge in [-0.3, -0.25) is 0 Å². The normalized spacial score (nSPS) is 11.5. The minimum atomic E-state index is -0.758. The van der Waals surface area contributed by atoms with Gasteiger partial charge < -0.3 is 20.8 Å². The Balaban J connectivity index is 3.15. The van der Waals surface area contributed by atoms with E-state index in [2.05, 4.69) is 27.5 Å². The Morgan fingerprint density at radius 2 is 1.67 bits per heavy atom. The number of nitrogens with one attached hydrogen (secondary N) is 2. The highest BCUT2D eigenvalue weighted by atomic mass is 16.3. The topological polar surface area (TPSA) is 90.3 Å². The Labute approximate surface area is 127 Å². The molecule has 0 aliphatic heterocycles.